The maximum Gasteiger partial charge on any atom is 0.416 e. The first-order chi connectivity index (χ1) is 24.1. The Hall–Kier alpha value is -3.27. The number of carbonyl (C=O) groups is 2. The normalized spacial score (nSPS) is 33.0. The number of aliphatic hydroxyl groups excluding tert-OH is 3. The summed E-state index contributed by atoms with van der Waals surface area (Å²) in [6.07, 6.45) is -9.20. The SMILES string of the molecule is CC[C@H]1OC(=O)[C@H](C)[C@@H](O)[C@H](C)[C@@H](O)[C@](C)(O)C[C@@H](C)CN(CCCNC(=O)c2ccccc2Nc2cccc(C(F)(F)F)c2)[C@H](C)[C@@H](O)[C@]1(C)O. The largest absolute Gasteiger partial charge is 0.459 e. The van der Waals surface area contributed by atoms with E-state index in [4.69, 9.17) is 4.74 Å². The van der Waals surface area contributed by atoms with Crippen LogP contribution in [0.5, 0.6) is 0 Å². The molecule has 0 aromatic heterocycles. The molecule has 1 fully saturated rings. The third kappa shape index (κ3) is 10.7. The molecule has 0 aliphatic carbocycles. The van der Waals surface area contributed by atoms with Gasteiger partial charge in [0.2, 0.25) is 0 Å². The summed E-state index contributed by atoms with van der Waals surface area (Å²) in [5.41, 5.74) is -3.69. The number of amides is 1. The van der Waals surface area contributed by atoms with Crippen LogP contribution in [0.15, 0.2) is 48.5 Å². The van der Waals surface area contributed by atoms with E-state index in [2.05, 4.69) is 10.6 Å². The molecule has 0 spiro atoms. The fraction of sp³-hybridized carbons (Fsp3) is 0.632. The van der Waals surface area contributed by atoms with Crippen LogP contribution in [0.3, 0.4) is 0 Å². The van der Waals surface area contributed by atoms with Crippen LogP contribution in [0, 0.1) is 17.8 Å². The van der Waals surface area contributed by atoms with Crippen LogP contribution < -0.4 is 10.6 Å². The first kappa shape index (κ1) is 43.1. The Kier molecular flexibility index (Phi) is 14.7. The summed E-state index contributed by atoms with van der Waals surface area (Å²) in [6, 6.07) is 10.4. The summed E-state index contributed by atoms with van der Waals surface area (Å²) in [5, 5.41) is 62.4. The summed E-state index contributed by atoms with van der Waals surface area (Å²) >= 11 is 0. The molecule has 11 nitrogen and oxygen atoms in total. The van der Waals surface area contributed by atoms with Crippen LogP contribution in [0.4, 0.5) is 24.5 Å². The topological polar surface area (TPSA) is 172 Å². The van der Waals surface area contributed by atoms with Crippen molar-refractivity contribution in [1.82, 2.24) is 10.2 Å². The molecule has 1 heterocycles. The second-order valence-corrected chi connectivity index (χ2v) is 14.8. The van der Waals surface area contributed by atoms with Crippen molar-refractivity contribution < 1.29 is 53.0 Å². The van der Waals surface area contributed by atoms with Gasteiger partial charge in [0.25, 0.3) is 5.91 Å². The Morgan fingerprint density at radius 2 is 1.65 bits per heavy atom. The van der Waals surface area contributed by atoms with Gasteiger partial charge in [0.05, 0.1) is 40.5 Å². The number of esters is 1. The molecule has 1 aliphatic heterocycles. The number of hydrogen-bond acceptors (Lipinski definition) is 10. The zero-order chi connectivity index (χ0) is 39.2. The van der Waals surface area contributed by atoms with Gasteiger partial charge in [-0.3, -0.25) is 14.5 Å². The zero-order valence-corrected chi connectivity index (χ0v) is 31.0. The highest BCUT2D eigenvalue weighted by molar-refractivity contribution is 6.00. The van der Waals surface area contributed by atoms with E-state index in [1.165, 1.54) is 39.8 Å². The van der Waals surface area contributed by atoms with Gasteiger partial charge in [-0.2, -0.15) is 13.2 Å². The van der Waals surface area contributed by atoms with Gasteiger partial charge in [0, 0.05) is 37.3 Å². The number of halogens is 3. The fourth-order valence-electron chi connectivity index (χ4n) is 7.14. The molecule has 292 valence electrons. The number of carbonyl (C=O) groups excluding carboxylic acids is 2. The molecule has 10 atom stereocenters. The van der Waals surface area contributed by atoms with E-state index < -0.39 is 77.1 Å². The van der Waals surface area contributed by atoms with Gasteiger partial charge in [-0.1, -0.05) is 39.0 Å². The Bertz CT molecular complexity index is 1490. The quantitative estimate of drug-likeness (QED) is 0.151. The van der Waals surface area contributed by atoms with Crippen molar-refractivity contribution in [3.8, 4) is 0 Å². The molecule has 52 heavy (non-hydrogen) atoms. The number of benzene rings is 2. The highest BCUT2D eigenvalue weighted by Crippen LogP contribution is 2.34. The number of ether oxygens (including phenoxy) is 1. The molecular formula is C38H56F3N3O8. The lowest BCUT2D eigenvalue weighted by atomic mass is 9.78. The Morgan fingerprint density at radius 1 is 1.00 bits per heavy atom. The highest BCUT2D eigenvalue weighted by Gasteiger charge is 2.47. The fourth-order valence-corrected chi connectivity index (χ4v) is 7.14. The van der Waals surface area contributed by atoms with Crippen molar-refractivity contribution in [1.29, 1.82) is 0 Å². The molecule has 3 rings (SSSR count). The van der Waals surface area contributed by atoms with Crippen LogP contribution in [-0.2, 0) is 15.7 Å². The smallest absolute Gasteiger partial charge is 0.416 e. The van der Waals surface area contributed by atoms with E-state index in [9.17, 15) is 48.3 Å². The van der Waals surface area contributed by atoms with Crippen LogP contribution in [0.1, 0.15) is 83.7 Å². The Labute approximate surface area is 304 Å². The third-order valence-electron chi connectivity index (χ3n) is 10.3. The minimum absolute atomic E-state index is 0.101. The molecule has 0 saturated carbocycles. The van der Waals surface area contributed by atoms with Crippen molar-refractivity contribution >= 4 is 23.3 Å². The number of para-hydroxylation sites is 1. The second-order valence-electron chi connectivity index (χ2n) is 14.8. The number of rotatable bonds is 8. The van der Waals surface area contributed by atoms with Crippen molar-refractivity contribution in [2.75, 3.05) is 25.0 Å². The third-order valence-corrected chi connectivity index (χ3v) is 10.3. The van der Waals surface area contributed by atoms with Crippen molar-refractivity contribution in [2.45, 2.75) is 116 Å². The minimum Gasteiger partial charge on any atom is -0.459 e. The Morgan fingerprint density at radius 3 is 2.29 bits per heavy atom. The maximum absolute atomic E-state index is 13.3. The summed E-state index contributed by atoms with van der Waals surface area (Å²) in [4.78, 5) is 28.3. The van der Waals surface area contributed by atoms with Crippen molar-refractivity contribution in [2.24, 2.45) is 17.8 Å². The van der Waals surface area contributed by atoms with E-state index in [-0.39, 0.29) is 36.6 Å². The van der Waals surface area contributed by atoms with Gasteiger partial charge in [-0.25, -0.2) is 0 Å². The number of aliphatic hydroxyl groups is 5. The highest BCUT2D eigenvalue weighted by atomic mass is 19.4. The number of anilines is 2. The van der Waals surface area contributed by atoms with Gasteiger partial charge < -0.3 is 40.9 Å². The van der Waals surface area contributed by atoms with Gasteiger partial charge in [0.15, 0.2) is 0 Å². The standard InChI is InChI=1S/C38H56F3N3O8/c1-8-30-37(7,51)33(47)25(5)44(21-22(2)20-36(6,50)32(46)23(3)31(45)24(4)35(49)52-30)18-12-17-42-34(48)28-15-9-10-16-29(28)43-27-14-11-13-26(19-27)38(39,40)41/h9-11,13-16,19,22-25,30-33,43,45-47,50-51H,8,12,17-18,20-21H2,1-7H3,(H,42,48)/t22-,23+,24-,25-,30-,31+,32-,33-,36-,37-/m1/s1. The minimum atomic E-state index is -4.53. The molecule has 0 unspecified atom stereocenters. The van der Waals surface area contributed by atoms with Gasteiger partial charge in [0.1, 0.15) is 17.8 Å². The van der Waals surface area contributed by atoms with Gasteiger partial charge >= 0.3 is 12.1 Å². The van der Waals surface area contributed by atoms with Crippen molar-refractivity contribution in [3.63, 3.8) is 0 Å². The molecule has 1 aliphatic rings. The second kappa shape index (κ2) is 17.7. The number of hydrogen-bond donors (Lipinski definition) is 7. The number of nitrogens with one attached hydrogen (secondary N) is 2. The summed E-state index contributed by atoms with van der Waals surface area (Å²) in [7, 11) is 0. The first-order valence-corrected chi connectivity index (χ1v) is 17.9. The van der Waals surface area contributed by atoms with E-state index in [1.54, 1.807) is 38.1 Å². The first-order valence-electron chi connectivity index (χ1n) is 17.9. The number of nitrogens with zero attached hydrogens (tertiary/aromatic N) is 1. The Balaban J connectivity index is 1.80. The number of cyclic esters (lactones) is 1. The van der Waals surface area contributed by atoms with Crippen LogP contribution >= 0.6 is 0 Å². The van der Waals surface area contributed by atoms with Gasteiger partial charge in [-0.15, -0.1) is 0 Å². The summed E-state index contributed by atoms with van der Waals surface area (Å²) in [6.45, 7) is 11.9. The van der Waals surface area contributed by atoms with Crippen LogP contribution in [-0.4, -0.2) is 104 Å². The maximum atomic E-state index is 13.3. The van der Waals surface area contributed by atoms with Crippen LogP contribution in [0.25, 0.3) is 0 Å². The molecule has 2 aromatic rings. The predicted octanol–water partition coefficient (Wildman–Crippen LogP) is 4.48. The molecule has 1 amide bonds. The summed E-state index contributed by atoms with van der Waals surface area (Å²) < 4.78 is 45.4. The molecule has 7 N–H and O–H groups in total. The average molecular weight is 740 g/mol. The molecule has 0 bridgehead atoms. The lowest BCUT2D eigenvalue weighted by Crippen LogP contribution is -2.59. The summed E-state index contributed by atoms with van der Waals surface area (Å²) in [5.74, 6) is -3.55. The van der Waals surface area contributed by atoms with E-state index in [1.807, 2.05) is 11.8 Å². The molecular weight excluding hydrogens is 683 g/mol. The van der Waals surface area contributed by atoms with Crippen molar-refractivity contribution in [3.05, 3.63) is 59.7 Å². The predicted molar refractivity (Wildman–Crippen MR) is 191 cm³/mol. The number of alkyl halides is 3. The molecule has 0 radical (unpaired) electrons. The van der Waals surface area contributed by atoms with E-state index in [0.29, 0.717) is 25.2 Å². The average Bonchev–Trinajstić information content (AvgIpc) is 3.08. The molecule has 14 heteroatoms. The molecule has 2 aromatic carbocycles. The van der Waals surface area contributed by atoms with Crippen LogP contribution in [0.2, 0.25) is 0 Å². The lowest BCUT2D eigenvalue weighted by Gasteiger charge is -2.43. The van der Waals surface area contributed by atoms with Gasteiger partial charge in [-0.05, 0) is 83.2 Å². The monoisotopic (exact) mass is 739 g/mol. The lowest BCUT2D eigenvalue weighted by molar-refractivity contribution is -0.193. The molecule has 1 saturated heterocycles. The van der Waals surface area contributed by atoms with E-state index >= 15 is 0 Å². The zero-order valence-electron chi connectivity index (χ0n) is 31.0. The van der Waals surface area contributed by atoms with E-state index in [0.717, 1.165) is 12.1 Å².